The van der Waals surface area contributed by atoms with Crippen molar-refractivity contribution in [3.05, 3.63) is 54.1 Å². The Morgan fingerprint density at radius 1 is 1.20 bits per heavy atom. The van der Waals surface area contributed by atoms with E-state index >= 15 is 0 Å². The van der Waals surface area contributed by atoms with Crippen LogP contribution in [0.2, 0.25) is 0 Å². The lowest BCUT2D eigenvalue weighted by atomic mass is 10.1. The molecule has 5 heteroatoms. The van der Waals surface area contributed by atoms with E-state index in [4.69, 9.17) is 4.74 Å². The van der Waals surface area contributed by atoms with Gasteiger partial charge in [0, 0.05) is 17.7 Å². The molecule has 0 radical (unpaired) electrons. The highest BCUT2D eigenvalue weighted by Gasteiger charge is 2.33. The number of hydrogen-bond donors (Lipinski definition) is 1. The quantitative estimate of drug-likeness (QED) is 0.931. The number of nitrogens with zero attached hydrogens (tertiary/aromatic N) is 1. The van der Waals surface area contributed by atoms with E-state index < -0.39 is 6.10 Å². The van der Waals surface area contributed by atoms with Gasteiger partial charge in [0.2, 0.25) is 5.91 Å². The number of nitrogens with one attached hydrogen (secondary N) is 1. The Balaban J connectivity index is 1.61. The Hall–Kier alpha value is -2.82. The van der Waals surface area contributed by atoms with Crippen molar-refractivity contribution in [1.82, 2.24) is 0 Å². The second-order valence-corrected chi connectivity index (χ2v) is 6.62. The molecule has 1 unspecified atom stereocenters. The van der Waals surface area contributed by atoms with Crippen molar-refractivity contribution in [3.63, 3.8) is 0 Å². The van der Waals surface area contributed by atoms with Gasteiger partial charge in [-0.15, -0.1) is 0 Å². The van der Waals surface area contributed by atoms with Crippen LogP contribution in [-0.4, -0.2) is 17.9 Å². The molecule has 25 heavy (non-hydrogen) atoms. The smallest absolute Gasteiger partial charge is 0.268 e. The van der Waals surface area contributed by atoms with E-state index in [2.05, 4.69) is 5.32 Å². The summed E-state index contributed by atoms with van der Waals surface area (Å²) in [6, 6.07) is 15.3. The third-order valence-electron chi connectivity index (χ3n) is 4.57. The molecule has 128 valence electrons. The zero-order valence-electron chi connectivity index (χ0n) is 14.1. The molecule has 0 aromatic heterocycles. The highest BCUT2D eigenvalue weighted by molar-refractivity contribution is 6.01. The minimum atomic E-state index is -0.550. The maximum atomic E-state index is 12.6. The predicted octanol–water partition coefficient (Wildman–Crippen LogP) is 3.35. The van der Waals surface area contributed by atoms with Gasteiger partial charge in [-0.1, -0.05) is 30.3 Å². The number of anilines is 2. The molecule has 2 amide bonds. The minimum absolute atomic E-state index is 0.0565. The highest BCUT2D eigenvalue weighted by atomic mass is 16.5. The third-order valence-corrected chi connectivity index (χ3v) is 4.57. The number of amides is 2. The first-order chi connectivity index (χ1) is 12.1. The Kier molecular flexibility index (Phi) is 3.92. The van der Waals surface area contributed by atoms with Crippen LogP contribution in [0.3, 0.4) is 0 Å². The zero-order chi connectivity index (χ0) is 17.4. The van der Waals surface area contributed by atoms with Gasteiger partial charge >= 0.3 is 0 Å². The topological polar surface area (TPSA) is 58.6 Å². The van der Waals surface area contributed by atoms with Crippen LogP contribution in [0.5, 0.6) is 5.75 Å². The molecule has 1 N–H and O–H groups in total. The molecule has 1 heterocycles. The average molecular weight is 336 g/mol. The summed E-state index contributed by atoms with van der Waals surface area (Å²) in [5, 5.41) is 2.92. The van der Waals surface area contributed by atoms with Gasteiger partial charge < -0.3 is 15.0 Å². The molecule has 2 aromatic carbocycles. The fraction of sp³-hybridized carbons (Fsp3) is 0.300. The number of fused-ring (bicyclic) bond motifs is 1. The second kappa shape index (κ2) is 6.24. The third kappa shape index (κ3) is 3.22. The highest BCUT2D eigenvalue weighted by Crippen LogP contribution is 2.38. The van der Waals surface area contributed by atoms with Crippen molar-refractivity contribution in [2.24, 2.45) is 5.92 Å². The van der Waals surface area contributed by atoms with E-state index in [1.807, 2.05) is 42.5 Å². The summed E-state index contributed by atoms with van der Waals surface area (Å²) < 4.78 is 5.77. The van der Waals surface area contributed by atoms with Crippen LogP contribution in [0.25, 0.3) is 0 Å². The number of rotatable bonds is 4. The van der Waals surface area contributed by atoms with Crippen molar-refractivity contribution >= 4 is 23.2 Å². The maximum Gasteiger partial charge on any atom is 0.268 e. The Bertz CT molecular complexity index is 815. The summed E-state index contributed by atoms with van der Waals surface area (Å²) in [6.07, 6.45) is 1.37. The molecule has 0 spiro atoms. The largest absolute Gasteiger partial charge is 0.479 e. The summed E-state index contributed by atoms with van der Waals surface area (Å²) >= 11 is 0. The van der Waals surface area contributed by atoms with Gasteiger partial charge in [-0.2, -0.15) is 0 Å². The number of ether oxygens (including phenoxy) is 1. The number of carbonyl (C=O) groups is 2. The van der Waals surface area contributed by atoms with Crippen molar-refractivity contribution in [2.75, 3.05) is 10.2 Å². The molecule has 5 nitrogen and oxygen atoms in total. The van der Waals surface area contributed by atoms with Crippen molar-refractivity contribution < 1.29 is 14.3 Å². The van der Waals surface area contributed by atoms with E-state index in [-0.39, 0.29) is 17.7 Å². The van der Waals surface area contributed by atoms with Gasteiger partial charge in [0.25, 0.3) is 5.91 Å². The molecule has 1 fully saturated rings. The van der Waals surface area contributed by atoms with Gasteiger partial charge in [-0.25, -0.2) is 0 Å². The maximum absolute atomic E-state index is 12.6. The van der Waals surface area contributed by atoms with Crippen LogP contribution >= 0.6 is 0 Å². The molecular weight excluding hydrogens is 316 g/mol. The van der Waals surface area contributed by atoms with E-state index in [9.17, 15) is 9.59 Å². The second-order valence-electron chi connectivity index (χ2n) is 6.62. The molecule has 1 aliphatic heterocycles. The van der Waals surface area contributed by atoms with E-state index in [1.54, 1.807) is 17.9 Å². The van der Waals surface area contributed by atoms with Crippen LogP contribution < -0.4 is 15.0 Å². The van der Waals surface area contributed by atoms with Crippen LogP contribution in [-0.2, 0) is 16.1 Å². The minimum Gasteiger partial charge on any atom is -0.479 e. The molecule has 0 bridgehead atoms. The fourth-order valence-corrected chi connectivity index (χ4v) is 3.01. The van der Waals surface area contributed by atoms with E-state index in [0.717, 1.165) is 24.1 Å². The molecule has 4 rings (SSSR count). The lowest BCUT2D eigenvalue weighted by molar-refractivity contribution is -0.125. The first-order valence-corrected chi connectivity index (χ1v) is 8.58. The van der Waals surface area contributed by atoms with Gasteiger partial charge in [0.15, 0.2) is 6.10 Å². The van der Waals surface area contributed by atoms with Gasteiger partial charge in [-0.3, -0.25) is 9.59 Å². The number of hydrogen-bond acceptors (Lipinski definition) is 3. The zero-order valence-corrected chi connectivity index (χ0v) is 14.1. The number of benzene rings is 2. The molecule has 2 aliphatic rings. The summed E-state index contributed by atoms with van der Waals surface area (Å²) in [5.41, 5.74) is 2.50. The summed E-state index contributed by atoms with van der Waals surface area (Å²) in [5.74, 6) is 0.760. The fourth-order valence-electron chi connectivity index (χ4n) is 3.01. The van der Waals surface area contributed by atoms with E-state index in [1.165, 1.54) is 0 Å². The van der Waals surface area contributed by atoms with Crippen LogP contribution in [0.4, 0.5) is 11.4 Å². The monoisotopic (exact) mass is 336 g/mol. The van der Waals surface area contributed by atoms with E-state index in [0.29, 0.717) is 18.0 Å². The number of carbonyl (C=O) groups excluding carboxylic acids is 2. The lowest BCUT2D eigenvalue weighted by Gasteiger charge is -2.33. The van der Waals surface area contributed by atoms with Crippen molar-refractivity contribution in [3.8, 4) is 5.75 Å². The first-order valence-electron chi connectivity index (χ1n) is 8.58. The van der Waals surface area contributed by atoms with Gasteiger partial charge in [-0.05, 0) is 37.5 Å². The summed E-state index contributed by atoms with van der Waals surface area (Å²) in [7, 11) is 0. The first kappa shape index (κ1) is 15.7. The van der Waals surface area contributed by atoms with Crippen LogP contribution in [0.15, 0.2) is 48.5 Å². The summed E-state index contributed by atoms with van der Waals surface area (Å²) in [6.45, 7) is 2.24. The molecule has 0 saturated heterocycles. The van der Waals surface area contributed by atoms with Crippen LogP contribution in [0, 0.1) is 5.92 Å². The standard InChI is InChI=1S/C20H20N2O3/c1-13-20(24)22(12-14-5-3-2-4-6-14)17-10-9-16(11-18(17)25-13)21-19(23)15-7-8-15/h2-6,9-11,13,15H,7-8,12H2,1H3,(H,21,23). The van der Waals surface area contributed by atoms with Gasteiger partial charge in [0.1, 0.15) is 5.75 Å². The SMILES string of the molecule is CC1Oc2cc(NC(=O)C3CC3)ccc2N(Cc2ccccc2)C1=O. The molecule has 1 saturated carbocycles. The molecular formula is C20H20N2O3. The lowest BCUT2D eigenvalue weighted by Crippen LogP contribution is -2.44. The molecule has 2 aromatic rings. The molecule has 1 atom stereocenters. The summed E-state index contributed by atoms with van der Waals surface area (Å²) in [4.78, 5) is 26.3. The van der Waals surface area contributed by atoms with Crippen LogP contribution in [0.1, 0.15) is 25.3 Å². The van der Waals surface area contributed by atoms with Crippen molar-refractivity contribution in [2.45, 2.75) is 32.4 Å². The Labute approximate surface area is 146 Å². The van der Waals surface area contributed by atoms with Crippen molar-refractivity contribution in [1.29, 1.82) is 0 Å². The normalized spacial score (nSPS) is 19.2. The Morgan fingerprint density at radius 3 is 2.68 bits per heavy atom. The average Bonchev–Trinajstić information content (AvgIpc) is 3.45. The van der Waals surface area contributed by atoms with Gasteiger partial charge in [0.05, 0.1) is 12.2 Å². The Morgan fingerprint density at radius 2 is 1.96 bits per heavy atom. The predicted molar refractivity (Wildman–Crippen MR) is 95.5 cm³/mol. The molecule has 1 aliphatic carbocycles.